The van der Waals surface area contributed by atoms with Crippen molar-refractivity contribution in [3.05, 3.63) is 64.2 Å². The number of hydrazone groups is 1. The summed E-state index contributed by atoms with van der Waals surface area (Å²) in [5.41, 5.74) is 2.90. The molecule has 0 atom stereocenters. The second-order valence-corrected chi connectivity index (χ2v) is 4.17. The summed E-state index contributed by atoms with van der Waals surface area (Å²) >= 11 is 0. The van der Waals surface area contributed by atoms with Crippen LogP contribution < -0.4 is 10.7 Å². The fourth-order valence-corrected chi connectivity index (χ4v) is 1.60. The smallest absolute Gasteiger partial charge is 0.270 e. The van der Waals surface area contributed by atoms with E-state index in [4.69, 9.17) is 0 Å². The second-order valence-electron chi connectivity index (χ2n) is 4.17. The van der Waals surface area contributed by atoms with Crippen LogP contribution in [0.4, 0.5) is 11.4 Å². The van der Waals surface area contributed by atoms with Gasteiger partial charge in [-0.05, 0) is 18.2 Å². The number of nitro groups is 1. The number of benzene rings is 2. The Bertz CT molecular complexity index is 730. The van der Waals surface area contributed by atoms with Crippen LogP contribution in [0.1, 0.15) is 10.4 Å². The van der Waals surface area contributed by atoms with E-state index in [2.05, 4.69) is 15.8 Å². The number of amides is 1. The molecule has 0 aliphatic heterocycles. The van der Waals surface area contributed by atoms with Gasteiger partial charge in [0.25, 0.3) is 11.6 Å². The van der Waals surface area contributed by atoms with E-state index in [0.717, 1.165) is 6.34 Å². The quantitative estimate of drug-likeness (QED) is 0.257. The predicted molar refractivity (Wildman–Crippen MR) is 80.8 cm³/mol. The van der Waals surface area contributed by atoms with E-state index in [1.807, 2.05) is 0 Å². The van der Waals surface area contributed by atoms with Crippen LogP contribution in [0.2, 0.25) is 0 Å². The second kappa shape index (κ2) is 6.84. The largest absolute Gasteiger partial charge is 0.506 e. The molecule has 0 saturated heterocycles. The number of rotatable bonds is 5. The first-order valence-electron chi connectivity index (χ1n) is 6.19. The van der Waals surface area contributed by atoms with Crippen LogP contribution in [0.15, 0.2) is 53.6 Å². The first-order chi connectivity index (χ1) is 10.6. The van der Waals surface area contributed by atoms with E-state index in [-0.39, 0.29) is 17.0 Å². The minimum atomic E-state index is -0.579. The number of hydrogen-bond acceptors (Lipinski definition) is 6. The molecule has 1 amide bonds. The van der Waals surface area contributed by atoms with Gasteiger partial charge in [-0.25, -0.2) is 0 Å². The lowest BCUT2D eigenvalue weighted by molar-refractivity contribution is -0.384. The average Bonchev–Trinajstić information content (AvgIpc) is 2.53. The number of phenolic OH excluding ortho intramolecular Hbond substituents is 1. The molecule has 2 aromatic carbocycles. The van der Waals surface area contributed by atoms with Crippen LogP contribution in [0.5, 0.6) is 5.75 Å². The van der Waals surface area contributed by atoms with Crippen molar-refractivity contribution in [2.75, 3.05) is 5.43 Å². The maximum Gasteiger partial charge on any atom is 0.270 e. The lowest BCUT2D eigenvalue weighted by atomic mass is 10.2. The standard InChI is InChI=1S/C14H12N4O4/c19-13-7-2-1-6-12(13)17-16-9-15-14(20)10-4-3-5-11(8-10)18(21)22/h1-9,17,19H,(H,15,16,20). The molecule has 0 spiro atoms. The third kappa shape index (κ3) is 3.79. The Morgan fingerprint density at radius 2 is 2.00 bits per heavy atom. The van der Waals surface area contributed by atoms with Crippen LogP contribution in [0.3, 0.4) is 0 Å². The van der Waals surface area contributed by atoms with Gasteiger partial charge < -0.3 is 10.4 Å². The molecule has 0 aliphatic carbocycles. The Balaban J connectivity index is 1.95. The third-order valence-electron chi connectivity index (χ3n) is 2.67. The van der Waals surface area contributed by atoms with Gasteiger partial charge in [-0.2, -0.15) is 5.10 Å². The third-order valence-corrected chi connectivity index (χ3v) is 2.67. The van der Waals surface area contributed by atoms with Gasteiger partial charge >= 0.3 is 0 Å². The van der Waals surface area contributed by atoms with Gasteiger partial charge in [-0.1, -0.05) is 18.2 Å². The molecule has 22 heavy (non-hydrogen) atoms. The molecule has 0 unspecified atom stereocenters. The van der Waals surface area contributed by atoms with E-state index >= 15 is 0 Å². The first-order valence-corrected chi connectivity index (χ1v) is 6.19. The highest BCUT2D eigenvalue weighted by molar-refractivity contribution is 6.01. The van der Waals surface area contributed by atoms with Crippen molar-refractivity contribution in [1.29, 1.82) is 0 Å². The molecule has 0 aliphatic rings. The number of non-ortho nitro benzene ring substituents is 1. The molecule has 0 aromatic heterocycles. The Kier molecular flexibility index (Phi) is 4.66. The van der Waals surface area contributed by atoms with Gasteiger partial charge in [0.05, 0.1) is 10.6 Å². The normalized spacial score (nSPS) is 10.4. The molecule has 0 saturated carbocycles. The van der Waals surface area contributed by atoms with Gasteiger partial charge in [0.15, 0.2) is 0 Å². The molecule has 8 heteroatoms. The van der Waals surface area contributed by atoms with Gasteiger partial charge in [0, 0.05) is 17.7 Å². The van der Waals surface area contributed by atoms with E-state index in [1.165, 1.54) is 30.3 Å². The molecule has 0 fully saturated rings. The fraction of sp³-hybridized carbons (Fsp3) is 0. The van der Waals surface area contributed by atoms with Crippen molar-refractivity contribution in [2.45, 2.75) is 0 Å². The zero-order valence-electron chi connectivity index (χ0n) is 11.3. The summed E-state index contributed by atoms with van der Waals surface area (Å²) in [4.78, 5) is 21.9. The summed E-state index contributed by atoms with van der Waals surface area (Å²) in [5, 5.41) is 26.2. The summed E-state index contributed by atoms with van der Waals surface area (Å²) in [6.07, 6.45) is 1.09. The van der Waals surface area contributed by atoms with Crippen molar-refractivity contribution in [3.63, 3.8) is 0 Å². The van der Waals surface area contributed by atoms with Crippen molar-refractivity contribution in [2.24, 2.45) is 5.10 Å². The predicted octanol–water partition coefficient (Wildman–Crippen LogP) is 2.09. The number of nitrogens with zero attached hydrogens (tertiary/aromatic N) is 2. The molecule has 2 aromatic rings. The molecule has 3 N–H and O–H groups in total. The van der Waals surface area contributed by atoms with Crippen LogP contribution in [0, 0.1) is 10.1 Å². The number of para-hydroxylation sites is 2. The van der Waals surface area contributed by atoms with Crippen LogP contribution in [-0.4, -0.2) is 22.3 Å². The van der Waals surface area contributed by atoms with Gasteiger partial charge in [-0.15, -0.1) is 0 Å². The molecule has 112 valence electrons. The molecular weight excluding hydrogens is 288 g/mol. The highest BCUT2D eigenvalue weighted by atomic mass is 16.6. The van der Waals surface area contributed by atoms with Crippen LogP contribution in [-0.2, 0) is 0 Å². The monoisotopic (exact) mass is 300 g/mol. The Hall–Kier alpha value is -3.42. The Morgan fingerprint density at radius 1 is 1.23 bits per heavy atom. The number of nitro benzene ring substituents is 1. The number of hydrogen-bond donors (Lipinski definition) is 3. The fourth-order valence-electron chi connectivity index (χ4n) is 1.60. The lowest BCUT2D eigenvalue weighted by Crippen LogP contribution is -2.22. The van der Waals surface area contributed by atoms with E-state index in [1.54, 1.807) is 18.2 Å². The highest BCUT2D eigenvalue weighted by Gasteiger charge is 2.10. The number of aromatic hydroxyl groups is 1. The molecule has 2 rings (SSSR count). The molecule has 0 heterocycles. The molecular formula is C14H12N4O4. The zero-order chi connectivity index (χ0) is 15.9. The lowest BCUT2D eigenvalue weighted by Gasteiger charge is -2.03. The Labute approximate surface area is 125 Å². The topological polar surface area (TPSA) is 117 Å². The first kappa shape index (κ1) is 15.0. The Morgan fingerprint density at radius 3 is 2.73 bits per heavy atom. The van der Waals surface area contributed by atoms with Crippen LogP contribution >= 0.6 is 0 Å². The van der Waals surface area contributed by atoms with Gasteiger partial charge in [0.2, 0.25) is 0 Å². The van der Waals surface area contributed by atoms with Gasteiger partial charge in [-0.3, -0.25) is 20.3 Å². The number of phenols is 1. The van der Waals surface area contributed by atoms with Crippen molar-refractivity contribution in [1.82, 2.24) is 5.32 Å². The zero-order valence-corrected chi connectivity index (χ0v) is 11.3. The SMILES string of the molecule is O=C(N/C=N/Nc1ccccc1O)c1cccc([N+](=O)[O-])c1. The van der Waals surface area contributed by atoms with Crippen LogP contribution in [0.25, 0.3) is 0 Å². The number of nitrogens with one attached hydrogen (secondary N) is 2. The maximum atomic E-state index is 11.8. The molecule has 0 radical (unpaired) electrons. The number of carbonyl (C=O) groups is 1. The van der Waals surface area contributed by atoms with Crippen molar-refractivity contribution < 1.29 is 14.8 Å². The summed E-state index contributed by atoms with van der Waals surface area (Å²) in [5.74, 6) is -0.517. The average molecular weight is 300 g/mol. The minimum Gasteiger partial charge on any atom is -0.506 e. The van der Waals surface area contributed by atoms with E-state index in [9.17, 15) is 20.0 Å². The summed E-state index contributed by atoms with van der Waals surface area (Å²) in [7, 11) is 0. The summed E-state index contributed by atoms with van der Waals surface area (Å²) < 4.78 is 0. The number of anilines is 1. The van der Waals surface area contributed by atoms with E-state index in [0.29, 0.717) is 5.69 Å². The summed E-state index contributed by atoms with van der Waals surface area (Å²) in [6, 6.07) is 11.8. The summed E-state index contributed by atoms with van der Waals surface area (Å²) in [6.45, 7) is 0. The number of carbonyl (C=O) groups excluding carboxylic acids is 1. The minimum absolute atomic E-state index is 0.0182. The van der Waals surface area contributed by atoms with Gasteiger partial charge in [0.1, 0.15) is 12.1 Å². The molecule has 8 nitrogen and oxygen atoms in total. The van der Waals surface area contributed by atoms with E-state index < -0.39 is 10.8 Å². The van der Waals surface area contributed by atoms with Crippen molar-refractivity contribution >= 4 is 23.6 Å². The highest BCUT2D eigenvalue weighted by Crippen LogP contribution is 2.20. The van der Waals surface area contributed by atoms with Crippen molar-refractivity contribution in [3.8, 4) is 5.75 Å². The maximum absolute atomic E-state index is 11.8. The molecule has 0 bridgehead atoms.